The molecule has 4 nitrogen and oxygen atoms in total. The van der Waals surface area contributed by atoms with Crippen LogP contribution in [0.4, 0.5) is 5.69 Å². The molecule has 0 radical (unpaired) electrons. The minimum atomic E-state index is 0.0490. The Morgan fingerprint density at radius 1 is 1.20 bits per heavy atom. The molecule has 0 spiro atoms. The van der Waals surface area contributed by atoms with Crippen LogP contribution in [0.15, 0.2) is 48.5 Å². The van der Waals surface area contributed by atoms with Crippen LogP contribution >= 0.6 is 11.6 Å². The van der Waals surface area contributed by atoms with Crippen LogP contribution in [0.25, 0.3) is 0 Å². The first-order chi connectivity index (χ1) is 12.2. The summed E-state index contributed by atoms with van der Waals surface area (Å²) in [4.78, 5) is 14.9. The topological polar surface area (TPSA) is 41.6 Å². The van der Waals surface area contributed by atoms with E-state index in [4.69, 9.17) is 16.3 Å². The van der Waals surface area contributed by atoms with E-state index in [1.807, 2.05) is 12.1 Å². The van der Waals surface area contributed by atoms with Crippen molar-refractivity contribution >= 4 is 23.2 Å². The van der Waals surface area contributed by atoms with Crippen LogP contribution in [-0.4, -0.2) is 31.0 Å². The summed E-state index contributed by atoms with van der Waals surface area (Å²) in [6, 6.07) is 15.8. The van der Waals surface area contributed by atoms with Crippen molar-refractivity contribution in [3.63, 3.8) is 0 Å². The molecule has 0 aromatic heterocycles. The first kappa shape index (κ1) is 17.8. The van der Waals surface area contributed by atoms with Crippen LogP contribution in [0.1, 0.15) is 18.4 Å². The molecule has 1 aliphatic heterocycles. The van der Waals surface area contributed by atoms with Crippen LogP contribution in [0.2, 0.25) is 5.02 Å². The number of nitrogens with zero attached hydrogens (tertiary/aromatic N) is 1. The second-order valence-electron chi connectivity index (χ2n) is 6.37. The van der Waals surface area contributed by atoms with E-state index in [2.05, 4.69) is 34.5 Å². The lowest BCUT2D eigenvalue weighted by Crippen LogP contribution is -2.37. The Hall–Kier alpha value is -2.04. The van der Waals surface area contributed by atoms with E-state index >= 15 is 0 Å². The minimum absolute atomic E-state index is 0.0490. The molecule has 25 heavy (non-hydrogen) atoms. The Balaban J connectivity index is 1.50. The van der Waals surface area contributed by atoms with Gasteiger partial charge in [0.15, 0.2) is 0 Å². The summed E-state index contributed by atoms with van der Waals surface area (Å²) in [5.41, 5.74) is 2.03. The zero-order chi connectivity index (χ0) is 17.6. The first-order valence-corrected chi connectivity index (χ1v) is 8.94. The molecule has 132 valence electrons. The summed E-state index contributed by atoms with van der Waals surface area (Å²) >= 11 is 6.11. The highest BCUT2D eigenvalue weighted by Gasteiger charge is 2.25. The molecule has 0 unspecified atom stereocenters. The molecule has 2 aromatic carbocycles. The number of likely N-dealkylation sites (tertiary alicyclic amines) is 1. The Labute approximate surface area is 153 Å². The highest BCUT2D eigenvalue weighted by molar-refractivity contribution is 6.32. The fourth-order valence-electron chi connectivity index (χ4n) is 3.18. The van der Waals surface area contributed by atoms with Gasteiger partial charge in [-0.05, 0) is 49.7 Å². The van der Waals surface area contributed by atoms with Crippen LogP contribution in [0.3, 0.4) is 0 Å². The van der Waals surface area contributed by atoms with Gasteiger partial charge in [-0.3, -0.25) is 9.69 Å². The number of benzene rings is 2. The van der Waals surface area contributed by atoms with Crippen molar-refractivity contribution in [2.24, 2.45) is 5.92 Å². The smallest absolute Gasteiger partial charge is 0.227 e. The third kappa shape index (κ3) is 4.74. The summed E-state index contributed by atoms with van der Waals surface area (Å²) in [6.45, 7) is 2.83. The standard InChI is InChI=1S/C20H23ClN2O2/c1-25-19-8-7-17(13-18(19)21)22-20(24)16-9-11-23(12-10-16)14-15-5-3-2-4-6-15/h2-8,13,16H,9-12,14H2,1H3,(H,22,24). The number of anilines is 1. The van der Waals surface area contributed by atoms with Crippen molar-refractivity contribution in [2.45, 2.75) is 19.4 Å². The van der Waals surface area contributed by atoms with Crippen molar-refractivity contribution in [3.05, 3.63) is 59.1 Å². The van der Waals surface area contributed by atoms with Gasteiger partial charge >= 0.3 is 0 Å². The van der Waals surface area contributed by atoms with Gasteiger partial charge in [-0.15, -0.1) is 0 Å². The Morgan fingerprint density at radius 2 is 1.92 bits per heavy atom. The van der Waals surface area contributed by atoms with Gasteiger partial charge in [-0.25, -0.2) is 0 Å². The number of methoxy groups -OCH3 is 1. The Morgan fingerprint density at radius 3 is 2.56 bits per heavy atom. The third-order valence-corrected chi connectivity index (χ3v) is 4.92. The summed E-state index contributed by atoms with van der Waals surface area (Å²) in [7, 11) is 1.57. The lowest BCUT2D eigenvalue weighted by Gasteiger charge is -2.31. The predicted octanol–water partition coefficient (Wildman–Crippen LogP) is 4.20. The molecular formula is C20H23ClN2O2. The number of ether oxygens (including phenoxy) is 1. The van der Waals surface area contributed by atoms with Crippen LogP contribution in [-0.2, 0) is 11.3 Å². The second kappa shape index (κ2) is 8.37. The zero-order valence-corrected chi connectivity index (χ0v) is 15.1. The molecule has 0 aliphatic carbocycles. The van der Waals surface area contributed by atoms with Crippen molar-refractivity contribution in [2.75, 3.05) is 25.5 Å². The fourth-order valence-corrected chi connectivity index (χ4v) is 3.44. The van der Waals surface area contributed by atoms with Crippen LogP contribution in [0.5, 0.6) is 5.75 Å². The highest BCUT2D eigenvalue weighted by Crippen LogP contribution is 2.28. The average Bonchev–Trinajstić information content (AvgIpc) is 2.63. The normalized spacial score (nSPS) is 15.8. The summed E-state index contributed by atoms with van der Waals surface area (Å²) in [6.07, 6.45) is 1.76. The van der Waals surface area contributed by atoms with Gasteiger partial charge in [0.05, 0.1) is 12.1 Å². The molecule has 1 fully saturated rings. The quantitative estimate of drug-likeness (QED) is 0.870. The number of carbonyl (C=O) groups is 1. The Bertz CT molecular complexity index is 713. The number of hydrogen-bond donors (Lipinski definition) is 1. The molecule has 1 amide bonds. The molecule has 1 heterocycles. The van der Waals surface area contributed by atoms with E-state index in [0.29, 0.717) is 16.5 Å². The van der Waals surface area contributed by atoms with Crippen molar-refractivity contribution in [1.29, 1.82) is 0 Å². The zero-order valence-electron chi connectivity index (χ0n) is 14.4. The molecule has 0 bridgehead atoms. The number of piperidine rings is 1. The number of nitrogens with one attached hydrogen (secondary N) is 1. The summed E-state index contributed by atoms with van der Waals surface area (Å²) in [5, 5.41) is 3.47. The van der Waals surface area contributed by atoms with Gasteiger partial charge in [0, 0.05) is 18.2 Å². The molecule has 5 heteroatoms. The summed E-state index contributed by atoms with van der Waals surface area (Å²) in [5.74, 6) is 0.724. The fraction of sp³-hybridized carbons (Fsp3) is 0.350. The highest BCUT2D eigenvalue weighted by atomic mass is 35.5. The molecular weight excluding hydrogens is 336 g/mol. The number of carbonyl (C=O) groups excluding carboxylic acids is 1. The maximum Gasteiger partial charge on any atom is 0.227 e. The van der Waals surface area contributed by atoms with Gasteiger partial charge in [0.2, 0.25) is 5.91 Å². The van der Waals surface area contributed by atoms with E-state index in [1.54, 1.807) is 19.2 Å². The van der Waals surface area contributed by atoms with Gasteiger partial charge in [-0.2, -0.15) is 0 Å². The lowest BCUT2D eigenvalue weighted by atomic mass is 9.95. The SMILES string of the molecule is COc1ccc(NC(=O)C2CCN(Cc3ccccc3)CC2)cc1Cl. The minimum Gasteiger partial charge on any atom is -0.495 e. The van der Waals surface area contributed by atoms with E-state index in [-0.39, 0.29) is 11.8 Å². The molecule has 0 atom stereocenters. The molecule has 1 saturated heterocycles. The van der Waals surface area contributed by atoms with Crippen LogP contribution in [0, 0.1) is 5.92 Å². The van der Waals surface area contributed by atoms with Crippen molar-refractivity contribution in [1.82, 2.24) is 4.90 Å². The first-order valence-electron chi connectivity index (χ1n) is 8.56. The van der Waals surface area contributed by atoms with Gasteiger partial charge in [0.25, 0.3) is 0 Å². The maximum absolute atomic E-state index is 12.5. The van der Waals surface area contributed by atoms with E-state index in [0.717, 1.165) is 32.5 Å². The monoisotopic (exact) mass is 358 g/mol. The largest absolute Gasteiger partial charge is 0.495 e. The van der Waals surface area contributed by atoms with E-state index < -0.39 is 0 Å². The number of rotatable bonds is 5. The van der Waals surface area contributed by atoms with Gasteiger partial charge < -0.3 is 10.1 Å². The molecule has 3 rings (SSSR count). The number of amides is 1. The molecule has 1 N–H and O–H groups in total. The number of halogens is 1. The van der Waals surface area contributed by atoms with Crippen molar-refractivity contribution < 1.29 is 9.53 Å². The van der Waals surface area contributed by atoms with Gasteiger partial charge in [0.1, 0.15) is 5.75 Å². The maximum atomic E-state index is 12.5. The van der Waals surface area contributed by atoms with E-state index in [1.165, 1.54) is 5.56 Å². The number of hydrogen-bond acceptors (Lipinski definition) is 3. The molecule has 0 saturated carbocycles. The van der Waals surface area contributed by atoms with Crippen LogP contribution < -0.4 is 10.1 Å². The predicted molar refractivity (Wildman–Crippen MR) is 101 cm³/mol. The van der Waals surface area contributed by atoms with Crippen molar-refractivity contribution in [3.8, 4) is 5.75 Å². The average molecular weight is 359 g/mol. The molecule has 2 aromatic rings. The van der Waals surface area contributed by atoms with E-state index in [9.17, 15) is 4.79 Å². The third-order valence-electron chi connectivity index (χ3n) is 4.63. The summed E-state index contributed by atoms with van der Waals surface area (Å²) < 4.78 is 5.13. The van der Waals surface area contributed by atoms with Gasteiger partial charge in [-0.1, -0.05) is 41.9 Å². The molecule has 1 aliphatic rings. The Kier molecular flexibility index (Phi) is 5.95. The lowest BCUT2D eigenvalue weighted by molar-refractivity contribution is -0.121. The second-order valence-corrected chi connectivity index (χ2v) is 6.78.